The molecule has 0 bridgehead atoms. The van der Waals surface area contributed by atoms with Gasteiger partial charge in [-0.15, -0.1) is 6.58 Å². The Balaban J connectivity index is 2.09. The Kier molecular flexibility index (Phi) is 8.09. The quantitative estimate of drug-likeness (QED) is 0.345. The molecule has 2 aromatic rings. The molecular formula is C22H23NO6. The Morgan fingerprint density at radius 3 is 2.62 bits per heavy atom. The third kappa shape index (κ3) is 6.27. The molecule has 0 saturated heterocycles. The highest BCUT2D eigenvalue weighted by molar-refractivity contribution is 5.94. The summed E-state index contributed by atoms with van der Waals surface area (Å²) in [7, 11) is 1.46. The fraction of sp³-hybridized carbons (Fsp3) is 0.273. The lowest BCUT2D eigenvalue weighted by Gasteiger charge is -2.16. The highest BCUT2D eigenvalue weighted by Gasteiger charge is 2.27. The van der Waals surface area contributed by atoms with E-state index in [9.17, 15) is 14.4 Å². The number of methoxy groups -OCH3 is 1. The van der Waals surface area contributed by atoms with Crippen LogP contribution in [0.2, 0.25) is 0 Å². The Labute approximate surface area is 169 Å². The minimum absolute atomic E-state index is 0.109. The van der Waals surface area contributed by atoms with E-state index in [0.717, 1.165) is 5.56 Å². The molecule has 0 spiro atoms. The zero-order valence-corrected chi connectivity index (χ0v) is 16.4. The second-order valence-corrected chi connectivity index (χ2v) is 6.11. The maximum absolute atomic E-state index is 12.4. The first-order valence-corrected chi connectivity index (χ1v) is 9.10. The number of hydrogen-bond donors (Lipinski definition) is 0. The first-order valence-electron chi connectivity index (χ1n) is 9.10. The van der Waals surface area contributed by atoms with E-state index in [1.807, 2.05) is 0 Å². The number of ether oxygens (including phenoxy) is 3. The molecule has 0 aliphatic carbocycles. The molecule has 0 fully saturated rings. The van der Waals surface area contributed by atoms with E-state index in [1.165, 1.54) is 25.6 Å². The number of allylic oxidation sites excluding steroid dienone is 1. The number of carbonyl (C=O) groups is 3. The van der Waals surface area contributed by atoms with E-state index in [2.05, 4.69) is 11.6 Å². The van der Waals surface area contributed by atoms with Crippen LogP contribution in [0.15, 0.2) is 55.4 Å². The van der Waals surface area contributed by atoms with Crippen LogP contribution in [0, 0.1) is 0 Å². The van der Waals surface area contributed by atoms with Crippen LogP contribution in [-0.4, -0.2) is 35.9 Å². The fourth-order valence-electron chi connectivity index (χ4n) is 2.54. The second kappa shape index (κ2) is 10.8. The molecule has 29 heavy (non-hydrogen) atoms. The van der Waals surface area contributed by atoms with E-state index in [0.29, 0.717) is 12.2 Å². The summed E-state index contributed by atoms with van der Waals surface area (Å²) in [6.07, 6.45) is 3.68. The van der Waals surface area contributed by atoms with Crippen molar-refractivity contribution >= 4 is 17.7 Å². The Bertz CT molecular complexity index is 878. The minimum atomic E-state index is -1.24. The standard InChI is InChI=1S/C22H23NO6/c1-4-7-15-9-10-18(20(12-15)27-3)28-21(25)13-19(17(24)5-2)29-22(26)16-8-6-11-23-14-16/h4,6,8-12,14,19H,1,5,7,13H2,2-3H3/t19-/m0/s1. The van der Waals surface area contributed by atoms with Crippen molar-refractivity contribution < 1.29 is 28.6 Å². The Morgan fingerprint density at radius 1 is 1.21 bits per heavy atom. The summed E-state index contributed by atoms with van der Waals surface area (Å²) in [5.74, 6) is -1.24. The summed E-state index contributed by atoms with van der Waals surface area (Å²) in [4.78, 5) is 40.6. The molecular weight excluding hydrogens is 374 g/mol. The van der Waals surface area contributed by atoms with Crippen LogP contribution in [0.4, 0.5) is 0 Å². The van der Waals surface area contributed by atoms with Crippen LogP contribution >= 0.6 is 0 Å². The van der Waals surface area contributed by atoms with E-state index < -0.39 is 24.5 Å². The Morgan fingerprint density at radius 2 is 2.00 bits per heavy atom. The lowest BCUT2D eigenvalue weighted by molar-refractivity contribution is -0.141. The van der Waals surface area contributed by atoms with E-state index in [1.54, 1.807) is 37.3 Å². The van der Waals surface area contributed by atoms with E-state index in [4.69, 9.17) is 14.2 Å². The average Bonchev–Trinajstić information content (AvgIpc) is 2.74. The maximum Gasteiger partial charge on any atom is 0.340 e. The molecule has 0 aliphatic heterocycles. The molecule has 0 saturated carbocycles. The number of hydrogen-bond acceptors (Lipinski definition) is 7. The van der Waals surface area contributed by atoms with Crippen molar-refractivity contribution in [2.45, 2.75) is 32.3 Å². The van der Waals surface area contributed by atoms with Gasteiger partial charge in [0.2, 0.25) is 0 Å². The molecule has 1 aromatic carbocycles. The molecule has 1 atom stereocenters. The van der Waals surface area contributed by atoms with Gasteiger partial charge < -0.3 is 14.2 Å². The van der Waals surface area contributed by atoms with Crippen molar-refractivity contribution in [1.82, 2.24) is 4.98 Å². The molecule has 7 nitrogen and oxygen atoms in total. The molecule has 0 aliphatic rings. The van der Waals surface area contributed by atoms with Gasteiger partial charge in [-0.05, 0) is 36.2 Å². The lowest BCUT2D eigenvalue weighted by Crippen LogP contribution is -2.31. The van der Waals surface area contributed by atoms with Crippen molar-refractivity contribution in [2.24, 2.45) is 0 Å². The maximum atomic E-state index is 12.4. The smallest absolute Gasteiger partial charge is 0.340 e. The van der Waals surface area contributed by atoms with Gasteiger partial charge in [-0.2, -0.15) is 0 Å². The van der Waals surface area contributed by atoms with Crippen LogP contribution in [-0.2, 0) is 20.7 Å². The molecule has 0 N–H and O–H groups in total. The van der Waals surface area contributed by atoms with Gasteiger partial charge in [-0.25, -0.2) is 4.79 Å². The normalized spacial score (nSPS) is 11.2. The average molecular weight is 397 g/mol. The van der Waals surface area contributed by atoms with Gasteiger partial charge in [0.25, 0.3) is 0 Å². The lowest BCUT2D eigenvalue weighted by atomic mass is 10.1. The third-order valence-corrected chi connectivity index (χ3v) is 4.04. The minimum Gasteiger partial charge on any atom is -0.493 e. The van der Waals surface area contributed by atoms with Gasteiger partial charge in [-0.1, -0.05) is 19.1 Å². The summed E-state index contributed by atoms with van der Waals surface area (Å²) in [6, 6.07) is 8.21. The fourth-order valence-corrected chi connectivity index (χ4v) is 2.54. The third-order valence-electron chi connectivity index (χ3n) is 4.04. The first-order chi connectivity index (χ1) is 14.0. The number of aromatic nitrogens is 1. The van der Waals surface area contributed by atoms with Crippen LogP contribution in [0.3, 0.4) is 0 Å². The molecule has 1 heterocycles. The SMILES string of the molecule is C=CCc1ccc(OC(=O)C[C@H](OC(=O)c2cccnc2)C(=O)CC)c(OC)c1. The number of Topliss-reactive ketones (excluding diaryl/α,β-unsaturated/α-hetero) is 1. The molecule has 0 unspecified atom stereocenters. The molecule has 0 amide bonds. The van der Waals surface area contributed by atoms with Crippen molar-refractivity contribution in [3.63, 3.8) is 0 Å². The van der Waals surface area contributed by atoms with Crippen molar-refractivity contribution in [3.05, 3.63) is 66.5 Å². The first kappa shape index (κ1) is 21.8. The molecule has 2 rings (SSSR count). The molecule has 7 heteroatoms. The van der Waals surface area contributed by atoms with Gasteiger partial charge in [0.1, 0.15) is 0 Å². The van der Waals surface area contributed by atoms with Gasteiger partial charge >= 0.3 is 11.9 Å². The monoisotopic (exact) mass is 397 g/mol. The van der Waals surface area contributed by atoms with Crippen molar-refractivity contribution in [2.75, 3.05) is 7.11 Å². The topological polar surface area (TPSA) is 91.8 Å². The Hall–Kier alpha value is -3.48. The largest absolute Gasteiger partial charge is 0.493 e. The number of benzene rings is 1. The van der Waals surface area contributed by atoms with Gasteiger partial charge in [-0.3, -0.25) is 14.6 Å². The zero-order chi connectivity index (χ0) is 21.2. The number of ketones is 1. The van der Waals surface area contributed by atoms with Crippen LogP contribution in [0.5, 0.6) is 11.5 Å². The summed E-state index contributed by atoms with van der Waals surface area (Å²) >= 11 is 0. The summed E-state index contributed by atoms with van der Waals surface area (Å²) < 4.78 is 15.8. The second-order valence-electron chi connectivity index (χ2n) is 6.11. The highest BCUT2D eigenvalue weighted by atomic mass is 16.6. The molecule has 152 valence electrons. The van der Waals surface area contributed by atoms with Crippen LogP contribution < -0.4 is 9.47 Å². The summed E-state index contributed by atoms with van der Waals surface area (Å²) in [5, 5.41) is 0. The predicted octanol–water partition coefficient (Wildman–Crippen LogP) is 3.32. The molecule has 1 aromatic heterocycles. The number of pyridine rings is 1. The van der Waals surface area contributed by atoms with Gasteiger partial charge in [0.15, 0.2) is 23.4 Å². The predicted molar refractivity (Wildman–Crippen MR) is 106 cm³/mol. The summed E-state index contributed by atoms with van der Waals surface area (Å²) in [5.41, 5.74) is 1.13. The highest BCUT2D eigenvalue weighted by Crippen LogP contribution is 2.29. The van der Waals surface area contributed by atoms with Crippen LogP contribution in [0.25, 0.3) is 0 Å². The number of rotatable bonds is 10. The summed E-state index contributed by atoms with van der Waals surface area (Å²) in [6.45, 7) is 5.31. The van der Waals surface area contributed by atoms with Gasteiger partial charge in [0.05, 0.1) is 19.1 Å². The molecule has 0 radical (unpaired) electrons. The van der Waals surface area contributed by atoms with Crippen LogP contribution in [0.1, 0.15) is 35.7 Å². The number of nitrogens with zero attached hydrogens (tertiary/aromatic N) is 1. The number of esters is 2. The van der Waals surface area contributed by atoms with Gasteiger partial charge in [0, 0.05) is 18.8 Å². The van der Waals surface area contributed by atoms with Crippen molar-refractivity contribution in [1.29, 1.82) is 0 Å². The van der Waals surface area contributed by atoms with E-state index in [-0.39, 0.29) is 23.5 Å². The number of carbonyl (C=O) groups excluding carboxylic acids is 3. The van der Waals surface area contributed by atoms with E-state index >= 15 is 0 Å². The van der Waals surface area contributed by atoms with Crippen molar-refractivity contribution in [3.8, 4) is 11.5 Å². The zero-order valence-electron chi connectivity index (χ0n) is 16.4.